The third-order valence-electron chi connectivity index (χ3n) is 6.07. The van der Waals surface area contributed by atoms with E-state index in [-0.39, 0.29) is 30.1 Å². The highest BCUT2D eigenvalue weighted by molar-refractivity contribution is 5.90. The van der Waals surface area contributed by atoms with Gasteiger partial charge in [0.2, 0.25) is 0 Å². The predicted molar refractivity (Wildman–Crippen MR) is 106 cm³/mol. The molecule has 4 rings (SSSR count). The van der Waals surface area contributed by atoms with E-state index in [4.69, 9.17) is 9.47 Å². The fraction of sp³-hybridized carbons (Fsp3) is 0.417. The predicted octanol–water partition coefficient (Wildman–Crippen LogP) is 5.04. The Bertz CT molecular complexity index is 734. The van der Waals surface area contributed by atoms with E-state index in [2.05, 4.69) is 0 Å². The maximum absolute atomic E-state index is 12.6. The molecule has 2 atom stereocenters. The van der Waals surface area contributed by atoms with Gasteiger partial charge in [0.15, 0.2) is 0 Å². The van der Waals surface area contributed by atoms with Crippen LogP contribution in [0.3, 0.4) is 0 Å². The lowest BCUT2D eigenvalue weighted by molar-refractivity contribution is -0.0849. The first-order chi connectivity index (χ1) is 13.7. The second-order valence-electron chi connectivity index (χ2n) is 7.82. The van der Waals surface area contributed by atoms with Crippen LogP contribution in [0.4, 0.5) is 0 Å². The molecular weight excluding hydrogens is 352 g/mol. The molecule has 2 unspecified atom stereocenters. The van der Waals surface area contributed by atoms with Gasteiger partial charge in [0.1, 0.15) is 12.2 Å². The van der Waals surface area contributed by atoms with Gasteiger partial charge < -0.3 is 9.47 Å². The van der Waals surface area contributed by atoms with Crippen LogP contribution in [0.25, 0.3) is 0 Å². The maximum atomic E-state index is 12.6. The summed E-state index contributed by atoms with van der Waals surface area (Å²) in [5.41, 5.74) is 1.14. The molecule has 2 aromatic rings. The van der Waals surface area contributed by atoms with E-state index in [1.54, 1.807) is 24.3 Å². The minimum atomic E-state index is -0.287. The standard InChI is InChI=1S/C24H26O4/c25-23(18-9-3-1-4-10-18)27-20-15-7-13-17-14-8-16-21(22(17)20)28-24(26)19-11-5-2-6-12-19/h1-6,9-12,17,20-22H,7-8,13-16H2. The molecule has 4 heteroatoms. The van der Waals surface area contributed by atoms with E-state index >= 15 is 0 Å². The van der Waals surface area contributed by atoms with Gasteiger partial charge in [-0.05, 0) is 68.7 Å². The Labute approximate surface area is 165 Å². The molecule has 0 saturated heterocycles. The Kier molecular flexibility index (Phi) is 5.75. The molecule has 0 amide bonds. The Morgan fingerprint density at radius 1 is 0.643 bits per heavy atom. The van der Waals surface area contributed by atoms with Gasteiger partial charge in [0, 0.05) is 5.92 Å². The molecular formula is C24H26O4. The van der Waals surface area contributed by atoms with Crippen molar-refractivity contribution in [3.63, 3.8) is 0 Å². The van der Waals surface area contributed by atoms with E-state index in [0.717, 1.165) is 38.5 Å². The lowest BCUT2D eigenvalue weighted by Gasteiger charge is -2.44. The number of fused-ring (bicyclic) bond motifs is 1. The SMILES string of the molecule is O=C(OC1CCCC2CCCC(OC(=O)c3ccccc3)C21)c1ccccc1. The molecule has 2 fully saturated rings. The first kappa shape index (κ1) is 18.7. The minimum absolute atomic E-state index is 0.0859. The molecule has 2 aliphatic rings. The number of esters is 2. The summed E-state index contributed by atoms with van der Waals surface area (Å²) in [4.78, 5) is 25.2. The molecule has 2 aromatic carbocycles. The average molecular weight is 378 g/mol. The summed E-state index contributed by atoms with van der Waals surface area (Å²) in [5, 5.41) is 0. The fourth-order valence-electron chi connectivity index (χ4n) is 4.76. The summed E-state index contributed by atoms with van der Waals surface area (Å²) >= 11 is 0. The van der Waals surface area contributed by atoms with Crippen LogP contribution < -0.4 is 0 Å². The van der Waals surface area contributed by atoms with Gasteiger partial charge in [-0.2, -0.15) is 0 Å². The maximum Gasteiger partial charge on any atom is 0.338 e. The normalized spacial score (nSPS) is 26.7. The molecule has 0 radical (unpaired) electrons. The monoisotopic (exact) mass is 378 g/mol. The lowest BCUT2D eigenvalue weighted by atomic mass is 9.68. The van der Waals surface area contributed by atoms with Crippen molar-refractivity contribution in [3.8, 4) is 0 Å². The summed E-state index contributed by atoms with van der Waals surface area (Å²) in [5.74, 6) is -0.0395. The van der Waals surface area contributed by atoms with E-state index in [1.165, 1.54) is 0 Å². The first-order valence-corrected chi connectivity index (χ1v) is 10.2. The van der Waals surface area contributed by atoms with Crippen molar-refractivity contribution < 1.29 is 19.1 Å². The average Bonchev–Trinajstić information content (AvgIpc) is 2.75. The number of benzene rings is 2. The van der Waals surface area contributed by atoms with E-state index < -0.39 is 0 Å². The smallest absolute Gasteiger partial charge is 0.338 e. The number of ether oxygens (including phenoxy) is 2. The molecule has 0 spiro atoms. The number of hydrogen-bond donors (Lipinski definition) is 0. The largest absolute Gasteiger partial charge is 0.458 e. The van der Waals surface area contributed by atoms with Gasteiger partial charge in [-0.25, -0.2) is 9.59 Å². The molecule has 0 N–H and O–H groups in total. The summed E-state index contributed by atoms with van der Waals surface area (Å²) < 4.78 is 11.9. The summed E-state index contributed by atoms with van der Waals surface area (Å²) in [7, 11) is 0. The lowest BCUT2D eigenvalue weighted by Crippen LogP contribution is -2.47. The molecule has 2 aliphatic carbocycles. The van der Waals surface area contributed by atoms with Crippen LogP contribution in [0.15, 0.2) is 60.7 Å². The number of carbonyl (C=O) groups is 2. The van der Waals surface area contributed by atoms with Crippen LogP contribution in [0.1, 0.15) is 59.2 Å². The van der Waals surface area contributed by atoms with Gasteiger partial charge in [0.05, 0.1) is 11.1 Å². The molecule has 146 valence electrons. The third-order valence-corrected chi connectivity index (χ3v) is 6.07. The molecule has 0 aliphatic heterocycles. The number of carbonyl (C=O) groups excluding carboxylic acids is 2. The summed E-state index contributed by atoms with van der Waals surface area (Å²) in [6.45, 7) is 0. The zero-order valence-electron chi connectivity index (χ0n) is 16.0. The van der Waals surface area contributed by atoms with Crippen LogP contribution in [0.2, 0.25) is 0 Å². The van der Waals surface area contributed by atoms with Gasteiger partial charge in [-0.3, -0.25) is 0 Å². The molecule has 0 heterocycles. The topological polar surface area (TPSA) is 52.6 Å². The zero-order valence-corrected chi connectivity index (χ0v) is 16.0. The second-order valence-corrected chi connectivity index (χ2v) is 7.82. The van der Waals surface area contributed by atoms with Crippen LogP contribution in [-0.4, -0.2) is 24.1 Å². The van der Waals surface area contributed by atoms with Crippen molar-refractivity contribution >= 4 is 11.9 Å². The third kappa shape index (κ3) is 4.11. The van der Waals surface area contributed by atoms with Crippen molar-refractivity contribution in [1.29, 1.82) is 0 Å². The van der Waals surface area contributed by atoms with Crippen molar-refractivity contribution in [2.75, 3.05) is 0 Å². The molecule has 0 bridgehead atoms. The van der Waals surface area contributed by atoms with Crippen LogP contribution in [0, 0.1) is 11.8 Å². The van der Waals surface area contributed by atoms with Gasteiger partial charge in [-0.15, -0.1) is 0 Å². The molecule has 0 aromatic heterocycles. The highest BCUT2D eigenvalue weighted by Gasteiger charge is 2.44. The number of rotatable bonds is 4. The van der Waals surface area contributed by atoms with Crippen LogP contribution >= 0.6 is 0 Å². The second kappa shape index (κ2) is 8.59. The van der Waals surface area contributed by atoms with E-state index in [1.807, 2.05) is 36.4 Å². The van der Waals surface area contributed by atoms with Crippen molar-refractivity contribution in [1.82, 2.24) is 0 Å². The van der Waals surface area contributed by atoms with Gasteiger partial charge in [-0.1, -0.05) is 36.4 Å². The van der Waals surface area contributed by atoms with Crippen molar-refractivity contribution in [3.05, 3.63) is 71.8 Å². The molecule has 28 heavy (non-hydrogen) atoms. The van der Waals surface area contributed by atoms with Gasteiger partial charge in [0.25, 0.3) is 0 Å². The molecule has 2 saturated carbocycles. The first-order valence-electron chi connectivity index (χ1n) is 10.2. The number of hydrogen-bond acceptors (Lipinski definition) is 4. The van der Waals surface area contributed by atoms with E-state index in [9.17, 15) is 9.59 Å². The summed E-state index contributed by atoms with van der Waals surface area (Å²) in [6, 6.07) is 18.2. The van der Waals surface area contributed by atoms with Gasteiger partial charge >= 0.3 is 11.9 Å². The Hall–Kier alpha value is -2.62. The highest BCUT2D eigenvalue weighted by atomic mass is 16.6. The Morgan fingerprint density at radius 3 is 1.50 bits per heavy atom. The van der Waals surface area contributed by atoms with E-state index in [0.29, 0.717) is 17.0 Å². The minimum Gasteiger partial charge on any atom is -0.458 e. The zero-order chi connectivity index (χ0) is 19.3. The van der Waals surface area contributed by atoms with Crippen molar-refractivity contribution in [2.45, 2.75) is 50.7 Å². The van der Waals surface area contributed by atoms with Crippen molar-refractivity contribution in [2.24, 2.45) is 11.8 Å². The highest BCUT2D eigenvalue weighted by Crippen LogP contribution is 2.43. The Morgan fingerprint density at radius 2 is 1.07 bits per heavy atom. The molecule has 4 nitrogen and oxygen atoms in total. The van der Waals surface area contributed by atoms with Crippen LogP contribution in [-0.2, 0) is 9.47 Å². The van der Waals surface area contributed by atoms with Crippen LogP contribution in [0.5, 0.6) is 0 Å². The fourth-order valence-corrected chi connectivity index (χ4v) is 4.76. The summed E-state index contributed by atoms with van der Waals surface area (Å²) in [6.07, 6.45) is 5.60. The Balaban J connectivity index is 1.49. The quantitative estimate of drug-likeness (QED) is 0.700.